The van der Waals surface area contributed by atoms with Crippen molar-refractivity contribution >= 4 is 12.4 Å². The Labute approximate surface area is 118 Å². The van der Waals surface area contributed by atoms with Crippen molar-refractivity contribution in [3.8, 4) is 0 Å². The van der Waals surface area contributed by atoms with Crippen LogP contribution in [0.2, 0.25) is 0 Å². The minimum absolute atomic E-state index is 0. The van der Waals surface area contributed by atoms with E-state index in [-0.39, 0.29) is 24.2 Å². The number of nitrogens with one attached hydrogen (secondary N) is 1. The summed E-state index contributed by atoms with van der Waals surface area (Å²) in [4.78, 5) is 2.65. The fourth-order valence-electron chi connectivity index (χ4n) is 3.16. The smallest absolute Gasteiger partial charge is 0.110 e. The van der Waals surface area contributed by atoms with Gasteiger partial charge in [0.2, 0.25) is 0 Å². The van der Waals surface area contributed by atoms with Crippen molar-refractivity contribution in [3.63, 3.8) is 0 Å². The van der Waals surface area contributed by atoms with Gasteiger partial charge in [-0.25, -0.2) is 0 Å². The van der Waals surface area contributed by atoms with Crippen LogP contribution in [0, 0.1) is 0 Å². The summed E-state index contributed by atoms with van der Waals surface area (Å²) in [7, 11) is 0. The number of hydrogen-bond donors (Lipinski definition) is 1. The predicted molar refractivity (Wildman–Crippen MR) is 78.3 cm³/mol. The molecule has 108 valence electrons. The fourth-order valence-corrected chi connectivity index (χ4v) is 3.16. The molecule has 2 rings (SSSR count). The highest BCUT2D eigenvalue weighted by molar-refractivity contribution is 5.85. The zero-order valence-corrected chi connectivity index (χ0v) is 13.1. The number of hydrogen-bond acceptors (Lipinski definition) is 3. The summed E-state index contributed by atoms with van der Waals surface area (Å²) < 4.78 is 5.86. The minimum atomic E-state index is 0. The molecule has 2 unspecified atom stereocenters. The summed E-state index contributed by atoms with van der Waals surface area (Å²) in [5.74, 6) is 0. The van der Waals surface area contributed by atoms with Crippen molar-refractivity contribution in [3.05, 3.63) is 0 Å². The zero-order chi connectivity index (χ0) is 12.5. The van der Waals surface area contributed by atoms with E-state index in [9.17, 15) is 0 Å². The highest BCUT2D eigenvalue weighted by Crippen LogP contribution is 2.26. The van der Waals surface area contributed by atoms with Crippen LogP contribution in [-0.4, -0.2) is 41.9 Å². The third-order valence-corrected chi connectivity index (χ3v) is 4.02. The summed E-state index contributed by atoms with van der Waals surface area (Å²) in [5.41, 5.74) is 0.155. The number of halogens is 1. The van der Waals surface area contributed by atoms with Gasteiger partial charge in [0.1, 0.15) is 6.23 Å². The quantitative estimate of drug-likeness (QED) is 0.858. The summed E-state index contributed by atoms with van der Waals surface area (Å²) in [6.45, 7) is 11.2. The zero-order valence-electron chi connectivity index (χ0n) is 12.2. The molecule has 0 aliphatic carbocycles. The van der Waals surface area contributed by atoms with Crippen LogP contribution in [0.3, 0.4) is 0 Å². The Hall–Kier alpha value is 0.170. The first-order chi connectivity index (χ1) is 7.98. The molecule has 4 heteroatoms. The van der Waals surface area contributed by atoms with Gasteiger partial charge in [-0.15, -0.1) is 12.4 Å². The highest BCUT2D eigenvalue weighted by atomic mass is 35.5. The van der Waals surface area contributed by atoms with E-state index in [1.54, 1.807) is 0 Å². The monoisotopic (exact) mass is 276 g/mol. The Morgan fingerprint density at radius 1 is 1.33 bits per heavy atom. The van der Waals surface area contributed by atoms with Crippen molar-refractivity contribution in [1.82, 2.24) is 10.2 Å². The first-order valence-electron chi connectivity index (χ1n) is 7.13. The number of piperidine rings is 1. The lowest BCUT2D eigenvalue weighted by Crippen LogP contribution is -2.48. The molecule has 18 heavy (non-hydrogen) atoms. The SMILES string of the molecule is CC(C)N1CCCCC1CC1NC(C)(C)CO1.Cl. The van der Waals surface area contributed by atoms with Crippen molar-refractivity contribution in [2.75, 3.05) is 13.2 Å². The average molecular weight is 277 g/mol. The predicted octanol–water partition coefficient (Wildman–Crippen LogP) is 2.79. The maximum atomic E-state index is 5.86. The second-order valence-electron chi connectivity index (χ2n) is 6.54. The van der Waals surface area contributed by atoms with E-state index in [4.69, 9.17) is 4.74 Å². The van der Waals surface area contributed by atoms with E-state index >= 15 is 0 Å². The molecule has 2 fully saturated rings. The molecule has 0 aromatic heterocycles. The first kappa shape index (κ1) is 16.2. The molecule has 1 N–H and O–H groups in total. The lowest BCUT2D eigenvalue weighted by atomic mass is 9.97. The Bertz CT molecular complexity index is 258. The Morgan fingerprint density at radius 3 is 2.61 bits per heavy atom. The molecular weight excluding hydrogens is 248 g/mol. The maximum Gasteiger partial charge on any atom is 0.110 e. The van der Waals surface area contributed by atoms with Gasteiger partial charge in [0, 0.05) is 24.0 Å². The van der Waals surface area contributed by atoms with Gasteiger partial charge in [-0.2, -0.15) is 0 Å². The van der Waals surface area contributed by atoms with Crippen molar-refractivity contribution in [1.29, 1.82) is 0 Å². The van der Waals surface area contributed by atoms with E-state index in [1.165, 1.54) is 25.8 Å². The molecule has 2 atom stereocenters. The highest BCUT2D eigenvalue weighted by Gasteiger charge is 2.34. The van der Waals surface area contributed by atoms with E-state index in [0.717, 1.165) is 13.0 Å². The van der Waals surface area contributed by atoms with Crippen LogP contribution < -0.4 is 5.32 Å². The van der Waals surface area contributed by atoms with Crippen molar-refractivity contribution < 1.29 is 4.74 Å². The fraction of sp³-hybridized carbons (Fsp3) is 1.00. The summed E-state index contributed by atoms with van der Waals surface area (Å²) in [6.07, 6.45) is 5.47. The van der Waals surface area contributed by atoms with Gasteiger partial charge in [0.25, 0.3) is 0 Å². The molecule has 0 aromatic rings. The van der Waals surface area contributed by atoms with Crippen LogP contribution in [0.4, 0.5) is 0 Å². The summed E-state index contributed by atoms with van der Waals surface area (Å²) >= 11 is 0. The Balaban J connectivity index is 0.00000162. The number of nitrogens with zero attached hydrogens (tertiary/aromatic N) is 1. The number of likely N-dealkylation sites (tertiary alicyclic amines) is 1. The third kappa shape index (κ3) is 4.09. The van der Waals surface area contributed by atoms with Gasteiger partial charge >= 0.3 is 0 Å². The molecular formula is C14H29ClN2O. The van der Waals surface area contributed by atoms with E-state index < -0.39 is 0 Å². The van der Waals surface area contributed by atoms with E-state index in [2.05, 4.69) is 37.9 Å². The average Bonchev–Trinajstić information content (AvgIpc) is 2.58. The molecule has 0 spiro atoms. The molecule has 0 bridgehead atoms. The van der Waals surface area contributed by atoms with Crippen LogP contribution in [0.5, 0.6) is 0 Å². The van der Waals surface area contributed by atoms with Gasteiger partial charge in [0.15, 0.2) is 0 Å². The van der Waals surface area contributed by atoms with Crippen LogP contribution in [-0.2, 0) is 4.74 Å². The Morgan fingerprint density at radius 2 is 2.06 bits per heavy atom. The molecule has 2 saturated heterocycles. The standard InChI is InChI=1S/C14H28N2O.ClH/c1-11(2)16-8-6-5-7-12(16)9-13-15-14(3,4)10-17-13;/h11-13,15H,5-10H2,1-4H3;1H. The largest absolute Gasteiger partial charge is 0.361 e. The van der Waals surface area contributed by atoms with Gasteiger partial charge in [-0.3, -0.25) is 10.2 Å². The number of rotatable bonds is 3. The van der Waals surface area contributed by atoms with Crippen LogP contribution in [0.15, 0.2) is 0 Å². The van der Waals surface area contributed by atoms with Crippen LogP contribution in [0.25, 0.3) is 0 Å². The van der Waals surface area contributed by atoms with E-state index in [1.807, 2.05) is 0 Å². The molecule has 0 amide bonds. The lowest BCUT2D eigenvalue weighted by Gasteiger charge is -2.39. The van der Waals surface area contributed by atoms with Gasteiger partial charge < -0.3 is 4.74 Å². The normalized spacial score (nSPS) is 32.5. The first-order valence-corrected chi connectivity index (χ1v) is 7.13. The molecule has 2 aliphatic heterocycles. The maximum absolute atomic E-state index is 5.86. The van der Waals surface area contributed by atoms with Crippen LogP contribution in [0.1, 0.15) is 53.4 Å². The topological polar surface area (TPSA) is 24.5 Å². The number of ether oxygens (including phenoxy) is 1. The van der Waals surface area contributed by atoms with Gasteiger partial charge in [0.05, 0.1) is 6.61 Å². The van der Waals surface area contributed by atoms with Gasteiger partial charge in [-0.1, -0.05) is 6.42 Å². The summed E-state index contributed by atoms with van der Waals surface area (Å²) in [6, 6.07) is 1.37. The Kier molecular flexibility index (Phi) is 5.91. The minimum Gasteiger partial charge on any atom is -0.361 e. The molecule has 2 aliphatic rings. The molecule has 3 nitrogen and oxygen atoms in total. The van der Waals surface area contributed by atoms with Gasteiger partial charge in [-0.05, 0) is 47.1 Å². The molecule has 0 radical (unpaired) electrons. The van der Waals surface area contributed by atoms with Crippen molar-refractivity contribution in [2.24, 2.45) is 0 Å². The second-order valence-corrected chi connectivity index (χ2v) is 6.54. The summed E-state index contributed by atoms with van der Waals surface area (Å²) in [5, 5.41) is 3.59. The molecule has 0 saturated carbocycles. The third-order valence-electron chi connectivity index (χ3n) is 4.02. The lowest BCUT2D eigenvalue weighted by molar-refractivity contribution is 0.0349. The van der Waals surface area contributed by atoms with Crippen molar-refractivity contribution in [2.45, 2.75) is 77.2 Å². The van der Waals surface area contributed by atoms with Crippen LogP contribution >= 0.6 is 12.4 Å². The second kappa shape index (κ2) is 6.56. The van der Waals surface area contributed by atoms with E-state index in [0.29, 0.717) is 12.1 Å². The molecule has 2 heterocycles. The molecule has 0 aromatic carbocycles.